The van der Waals surface area contributed by atoms with E-state index in [1.54, 1.807) is 0 Å². The Morgan fingerprint density at radius 2 is 1.89 bits per heavy atom. The lowest BCUT2D eigenvalue weighted by atomic mass is 10.4. The highest BCUT2D eigenvalue weighted by Gasteiger charge is 2.09. The predicted molar refractivity (Wildman–Crippen MR) is 75.1 cm³/mol. The minimum Gasteiger partial charge on any atom is -0.370 e. The number of guanidine groups is 1. The van der Waals surface area contributed by atoms with Crippen LogP contribution in [-0.2, 0) is 6.54 Å². The summed E-state index contributed by atoms with van der Waals surface area (Å²) >= 11 is 2.72. The number of urea groups is 1. The van der Waals surface area contributed by atoms with Gasteiger partial charge in [-0.1, -0.05) is 0 Å². The number of thiazole rings is 2. The molecule has 0 atom stereocenters. The first-order valence-electron chi connectivity index (χ1n) is 5.08. The summed E-state index contributed by atoms with van der Waals surface area (Å²) in [6.07, 6.45) is 0. The highest BCUT2D eigenvalue weighted by atomic mass is 32.1. The summed E-state index contributed by atoms with van der Waals surface area (Å²) in [7, 11) is 0. The third-order valence-electron chi connectivity index (χ3n) is 1.94. The quantitative estimate of drug-likeness (QED) is 0.475. The molecule has 0 aliphatic rings. The van der Waals surface area contributed by atoms with Crippen LogP contribution in [0.4, 0.5) is 9.93 Å². The van der Waals surface area contributed by atoms with Crippen LogP contribution in [0.25, 0.3) is 11.4 Å². The fourth-order valence-electron chi connectivity index (χ4n) is 1.22. The number of nitrogens with two attached hydrogens (primary N) is 3. The number of nitrogens with zero attached hydrogens (tertiary/aromatic N) is 3. The summed E-state index contributed by atoms with van der Waals surface area (Å²) in [5.41, 5.74) is 16.9. The minimum atomic E-state index is -0.583. The molecule has 0 aromatic carbocycles. The smallest absolute Gasteiger partial charge is 0.312 e. The summed E-state index contributed by atoms with van der Waals surface area (Å²) in [5, 5.41) is 7.33. The van der Waals surface area contributed by atoms with Crippen molar-refractivity contribution in [3.05, 3.63) is 15.8 Å². The molecule has 2 amide bonds. The number of hydrogen-bond acceptors (Lipinski definition) is 6. The SMILES string of the molecule is NC(=O)NCc1nc(-c2csc(N=C(N)N)n2)cs1. The van der Waals surface area contributed by atoms with E-state index in [0.717, 1.165) is 5.01 Å². The van der Waals surface area contributed by atoms with Crippen molar-refractivity contribution >= 4 is 39.8 Å². The minimum absolute atomic E-state index is 0.0366. The Hall–Kier alpha value is -2.20. The molecule has 7 N–H and O–H groups in total. The van der Waals surface area contributed by atoms with E-state index in [1.165, 1.54) is 22.7 Å². The third kappa shape index (κ3) is 3.63. The number of aromatic nitrogens is 2. The second-order valence-corrected chi connectivity index (χ2v) is 5.18. The van der Waals surface area contributed by atoms with Crippen molar-refractivity contribution in [3.63, 3.8) is 0 Å². The number of carbonyl (C=O) groups excluding carboxylic acids is 1. The van der Waals surface area contributed by atoms with Gasteiger partial charge in [0.25, 0.3) is 0 Å². The number of hydrogen-bond donors (Lipinski definition) is 4. The molecule has 100 valence electrons. The molecule has 0 bridgehead atoms. The van der Waals surface area contributed by atoms with E-state index >= 15 is 0 Å². The van der Waals surface area contributed by atoms with Crippen molar-refractivity contribution in [1.29, 1.82) is 0 Å². The molecule has 0 aliphatic heterocycles. The normalized spacial score (nSPS) is 10.1. The van der Waals surface area contributed by atoms with Gasteiger partial charge >= 0.3 is 6.03 Å². The van der Waals surface area contributed by atoms with Gasteiger partial charge in [-0.25, -0.2) is 14.8 Å². The summed E-state index contributed by atoms with van der Waals surface area (Å²) in [6, 6.07) is -0.583. The fraction of sp³-hybridized carbons (Fsp3) is 0.111. The van der Waals surface area contributed by atoms with Gasteiger partial charge in [0.2, 0.25) is 5.13 Å². The van der Waals surface area contributed by atoms with Crippen LogP contribution in [0.2, 0.25) is 0 Å². The van der Waals surface area contributed by atoms with Gasteiger partial charge in [-0.15, -0.1) is 22.7 Å². The molecule has 2 aromatic rings. The van der Waals surface area contributed by atoms with Crippen LogP contribution < -0.4 is 22.5 Å². The van der Waals surface area contributed by atoms with Crippen LogP contribution in [0, 0.1) is 0 Å². The Morgan fingerprint density at radius 1 is 1.21 bits per heavy atom. The molecule has 0 fully saturated rings. The number of aliphatic imine (C=N–C) groups is 1. The number of amides is 2. The van der Waals surface area contributed by atoms with Crippen molar-refractivity contribution in [3.8, 4) is 11.4 Å². The Morgan fingerprint density at radius 3 is 2.58 bits per heavy atom. The zero-order chi connectivity index (χ0) is 13.8. The molecular weight excluding hydrogens is 286 g/mol. The topological polar surface area (TPSA) is 145 Å². The molecule has 0 saturated carbocycles. The van der Waals surface area contributed by atoms with Crippen LogP contribution in [-0.4, -0.2) is 22.0 Å². The van der Waals surface area contributed by atoms with Gasteiger partial charge in [-0.05, 0) is 0 Å². The summed E-state index contributed by atoms with van der Waals surface area (Å²) in [5.74, 6) is -0.0366. The fourth-order valence-corrected chi connectivity index (χ4v) is 2.64. The first-order chi connectivity index (χ1) is 9.04. The van der Waals surface area contributed by atoms with Gasteiger partial charge < -0.3 is 22.5 Å². The Kier molecular flexibility index (Phi) is 3.92. The molecule has 2 rings (SSSR count). The van der Waals surface area contributed by atoms with Crippen LogP contribution in [0.3, 0.4) is 0 Å². The van der Waals surface area contributed by atoms with Gasteiger partial charge in [0.05, 0.1) is 6.54 Å². The average molecular weight is 297 g/mol. The van der Waals surface area contributed by atoms with E-state index in [4.69, 9.17) is 17.2 Å². The molecule has 2 aromatic heterocycles. The monoisotopic (exact) mass is 297 g/mol. The standard InChI is InChI=1S/C9H11N7OS2/c10-7(11)16-9-15-5(3-19-9)4-2-18-6(14-4)1-13-8(12)17/h2-3H,1H2,(H3,12,13,17)(H4,10,11,15,16). The molecule has 19 heavy (non-hydrogen) atoms. The molecule has 2 heterocycles. The molecule has 8 nitrogen and oxygen atoms in total. The Labute approximate surface area is 116 Å². The summed E-state index contributed by atoms with van der Waals surface area (Å²) in [4.78, 5) is 23.0. The third-order valence-corrected chi connectivity index (χ3v) is 3.53. The van der Waals surface area contributed by atoms with Gasteiger partial charge in [0.1, 0.15) is 16.4 Å². The van der Waals surface area contributed by atoms with Crippen molar-refractivity contribution in [2.45, 2.75) is 6.54 Å². The van der Waals surface area contributed by atoms with E-state index in [1.807, 2.05) is 10.8 Å². The average Bonchev–Trinajstić information content (AvgIpc) is 2.93. The van der Waals surface area contributed by atoms with E-state index in [-0.39, 0.29) is 5.96 Å². The second kappa shape index (κ2) is 5.63. The maximum atomic E-state index is 10.6. The van der Waals surface area contributed by atoms with Crippen molar-refractivity contribution in [2.24, 2.45) is 22.2 Å². The maximum Gasteiger partial charge on any atom is 0.312 e. The Bertz CT molecular complexity index is 614. The first kappa shape index (κ1) is 13.2. The summed E-state index contributed by atoms with van der Waals surface area (Å²) < 4.78 is 0. The number of carbonyl (C=O) groups is 1. The molecule has 0 unspecified atom stereocenters. The van der Waals surface area contributed by atoms with E-state index in [2.05, 4.69) is 20.3 Å². The molecule has 0 radical (unpaired) electrons. The summed E-state index contributed by atoms with van der Waals surface area (Å²) in [6.45, 7) is 0.297. The largest absolute Gasteiger partial charge is 0.370 e. The molecule has 10 heteroatoms. The Balaban J connectivity index is 2.12. The van der Waals surface area contributed by atoms with Gasteiger partial charge in [-0.3, -0.25) is 0 Å². The number of rotatable bonds is 4. The first-order valence-corrected chi connectivity index (χ1v) is 6.84. The lowest BCUT2D eigenvalue weighted by Gasteiger charge is -1.95. The number of nitrogens with one attached hydrogen (secondary N) is 1. The molecule has 0 spiro atoms. The highest BCUT2D eigenvalue weighted by molar-refractivity contribution is 7.13. The zero-order valence-corrected chi connectivity index (χ0v) is 11.3. The van der Waals surface area contributed by atoms with E-state index < -0.39 is 6.03 Å². The number of primary amides is 1. The van der Waals surface area contributed by atoms with Crippen LogP contribution in [0.15, 0.2) is 15.8 Å². The van der Waals surface area contributed by atoms with Crippen molar-refractivity contribution < 1.29 is 4.79 Å². The van der Waals surface area contributed by atoms with Gasteiger partial charge in [0.15, 0.2) is 5.96 Å². The molecular formula is C9H11N7OS2. The predicted octanol–water partition coefficient (Wildman–Crippen LogP) is 0.340. The van der Waals surface area contributed by atoms with Gasteiger partial charge in [-0.2, -0.15) is 4.99 Å². The van der Waals surface area contributed by atoms with E-state index in [9.17, 15) is 4.79 Å². The van der Waals surface area contributed by atoms with Gasteiger partial charge in [0, 0.05) is 10.8 Å². The van der Waals surface area contributed by atoms with E-state index in [0.29, 0.717) is 23.1 Å². The van der Waals surface area contributed by atoms with Crippen LogP contribution >= 0.6 is 22.7 Å². The second-order valence-electron chi connectivity index (χ2n) is 3.40. The highest BCUT2D eigenvalue weighted by Crippen LogP contribution is 2.27. The molecule has 0 saturated heterocycles. The zero-order valence-electron chi connectivity index (χ0n) is 9.66. The lowest BCUT2D eigenvalue weighted by Crippen LogP contribution is -2.28. The van der Waals surface area contributed by atoms with Crippen molar-refractivity contribution in [2.75, 3.05) is 0 Å². The maximum absolute atomic E-state index is 10.6. The molecule has 0 aliphatic carbocycles. The lowest BCUT2D eigenvalue weighted by molar-refractivity contribution is 0.248. The van der Waals surface area contributed by atoms with Crippen molar-refractivity contribution in [1.82, 2.24) is 15.3 Å². The van der Waals surface area contributed by atoms with Crippen LogP contribution in [0.5, 0.6) is 0 Å². The van der Waals surface area contributed by atoms with Crippen LogP contribution in [0.1, 0.15) is 5.01 Å².